The third kappa shape index (κ3) is 2.27. The van der Waals surface area contributed by atoms with Gasteiger partial charge in [0.1, 0.15) is 0 Å². The van der Waals surface area contributed by atoms with Crippen LogP contribution in [0.4, 0.5) is 4.39 Å². The Kier molecular flexibility index (Phi) is 3.00. The first kappa shape index (κ1) is 10.8. The second-order valence-electron chi connectivity index (χ2n) is 3.26. The van der Waals surface area contributed by atoms with Crippen LogP contribution in [0.2, 0.25) is 0 Å². The molecule has 0 aliphatic carbocycles. The number of nitrogens with one attached hydrogen (secondary N) is 1. The smallest absolute Gasteiger partial charge is 0.297 e. The fourth-order valence-electron chi connectivity index (χ4n) is 1.33. The normalized spacial score (nSPS) is 10.6. The van der Waals surface area contributed by atoms with Gasteiger partial charge in [-0.05, 0) is 17.9 Å². The zero-order chi connectivity index (χ0) is 11.5. The molecule has 0 unspecified atom stereocenters. The number of H-pyrrole nitrogens is 1. The highest BCUT2D eigenvalue weighted by Gasteiger charge is 2.03. The molecule has 4 nitrogen and oxygen atoms in total. The van der Waals surface area contributed by atoms with Crippen LogP contribution < -0.4 is 11.2 Å². The fraction of sp³-hybridized carbons (Fsp3) is 0.200. The zero-order valence-corrected chi connectivity index (χ0v) is 9.09. The largest absolute Gasteiger partial charge is 0.328 e. The highest BCUT2D eigenvalue weighted by Crippen LogP contribution is 2.09. The van der Waals surface area contributed by atoms with Crippen molar-refractivity contribution < 1.29 is 4.39 Å². The van der Waals surface area contributed by atoms with Crippen molar-refractivity contribution >= 4 is 11.3 Å². The van der Waals surface area contributed by atoms with E-state index in [2.05, 4.69) is 0 Å². The summed E-state index contributed by atoms with van der Waals surface area (Å²) in [6.07, 6.45) is 1.58. The summed E-state index contributed by atoms with van der Waals surface area (Å²) < 4.78 is 14.1. The lowest BCUT2D eigenvalue weighted by Gasteiger charge is -2.02. The molecule has 16 heavy (non-hydrogen) atoms. The minimum Gasteiger partial charge on any atom is -0.297 e. The number of thiophene rings is 1. The molecule has 0 radical (unpaired) electrons. The third-order valence-corrected chi connectivity index (χ3v) is 3.08. The average Bonchev–Trinajstić information content (AvgIpc) is 2.74. The number of nitrogens with zero attached hydrogens (tertiary/aromatic N) is 1. The van der Waals surface area contributed by atoms with E-state index in [4.69, 9.17) is 0 Å². The van der Waals surface area contributed by atoms with Gasteiger partial charge in [0.15, 0.2) is 0 Å². The molecule has 0 atom stereocenters. The highest BCUT2D eigenvalue weighted by molar-refractivity contribution is 7.09. The Morgan fingerprint density at radius 1 is 1.44 bits per heavy atom. The molecule has 2 aromatic heterocycles. The van der Waals surface area contributed by atoms with Crippen molar-refractivity contribution in [1.29, 1.82) is 0 Å². The fourth-order valence-corrected chi connectivity index (χ4v) is 2.03. The number of hydrogen-bond donors (Lipinski definition) is 1. The Morgan fingerprint density at radius 2 is 2.25 bits per heavy atom. The van der Waals surface area contributed by atoms with Crippen molar-refractivity contribution in [3.05, 3.63) is 55.2 Å². The maximum atomic E-state index is 12.9. The van der Waals surface area contributed by atoms with Crippen LogP contribution >= 0.6 is 11.3 Å². The van der Waals surface area contributed by atoms with E-state index in [0.717, 1.165) is 15.6 Å². The molecule has 0 fully saturated rings. The van der Waals surface area contributed by atoms with E-state index < -0.39 is 17.1 Å². The molecule has 0 aromatic carbocycles. The van der Waals surface area contributed by atoms with Crippen molar-refractivity contribution in [3.8, 4) is 0 Å². The molecule has 0 bridgehead atoms. The van der Waals surface area contributed by atoms with E-state index in [-0.39, 0.29) is 0 Å². The number of aryl methyl sites for hydroxylation is 2. The van der Waals surface area contributed by atoms with Crippen LogP contribution in [0.5, 0.6) is 0 Å². The maximum Gasteiger partial charge on any atom is 0.328 e. The van der Waals surface area contributed by atoms with Gasteiger partial charge in [-0.3, -0.25) is 14.3 Å². The Hall–Kier alpha value is -1.69. The van der Waals surface area contributed by atoms with Crippen molar-refractivity contribution in [2.75, 3.05) is 0 Å². The quantitative estimate of drug-likeness (QED) is 0.869. The molecule has 0 amide bonds. The number of aromatic amines is 1. The first-order valence-electron chi connectivity index (χ1n) is 4.68. The predicted molar refractivity (Wildman–Crippen MR) is 59.3 cm³/mol. The standard InChI is InChI=1S/C10H9FN2O2S/c11-8-6-13(10(15)12-9(8)14)4-3-7-2-1-5-16-7/h1-2,5-6H,3-4H2,(H,12,14,15). The van der Waals surface area contributed by atoms with Gasteiger partial charge in [-0.25, -0.2) is 4.79 Å². The maximum absolute atomic E-state index is 12.9. The molecule has 6 heteroatoms. The van der Waals surface area contributed by atoms with Gasteiger partial charge in [-0.2, -0.15) is 4.39 Å². The van der Waals surface area contributed by atoms with Gasteiger partial charge in [-0.15, -0.1) is 11.3 Å². The predicted octanol–water partition coefficient (Wildman–Crippen LogP) is 0.980. The Balaban J connectivity index is 2.19. The topological polar surface area (TPSA) is 54.9 Å². The first-order chi connectivity index (χ1) is 7.66. The Bertz CT molecular complexity index is 586. The molecule has 2 rings (SSSR count). The molecule has 1 N–H and O–H groups in total. The van der Waals surface area contributed by atoms with Crippen LogP contribution in [-0.2, 0) is 13.0 Å². The van der Waals surface area contributed by atoms with E-state index in [1.54, 1.807) is 11.3 Å². The molecule has 0 spiro atoms. The van der Waals surface area contributed by atoms with Crippen molar-refractivity contribution in [3.63, 3.8) is 0 Å². The summed E-state index contributed by atoms with van der Waals surface area (Å²) in [6.45, 7) is 0.354. The number of aromatic nitrogens is 2. The first-order valence-corrected chi connectivity index (χ1v) is 5.56. The van der Waals surface area contributed by atoms with Gasteiger partial charge in [0.2, 0.25) is 5.82 Å². The lowest BCUT2D eigenvalue weighted by atomic mass is 10.3. The van der Waals surface area contributed by atoms with Gasteiger partial charge in [0.05, 0.1) is 6.20 Å². The van der Waals surface area contributed by atoms with E-state index in [9.17, 15) is 14.0 Å². The summed E-state index contributed by atoms with van der Waals surface area (Å²) >= 11 is 1.57. The molecule has 2 heterocycles. The molecule has 84 valence electrons. The monoisotopic (exact) mass is 240 g/mol. The van der Waals surface area contributed by atoms with Crippen LogP contribution in [-0.4, -0.2) is 9.55 Å². The third-order valence-electron chi connectivity index (χ3n) is 2.15. The Labute approximate surface area is 94.0 Å². The second kappa shape index (κ2) is 4.44. The van der Waals surface area contributed by atoms with Gasteiger partial charge < -0.3 is 0 Å². The molecular weight excluding hydrogens is 231 g/mol. The summed E-state index contributed by atoms with van der Waals surface area (Å²) in [6, 6.07) is 3.86. The SMILES string of the molecule is O=c1[nH]c(=O)n(CCc2cccs2)cc1F. The molecule has 0 aliphatic rings. The molecule has 0 aliphatic heterocycles. The van der Waals surface area contributed by atoms with Crippen molar-refractivity contribution in [2.45, 2.75) is 13.0 Å². The number of hydrogen-bond acceptors (Lipinski definition) is 3. The van der Waals surface area contributed by atoms with Crippen LogP contribution in [0.25, 0.3) is 0 Å². The molecule has 0 saturated heterocycles. The van der Waals surface area contributed by atoms with E-state index >= 15 is 0 Å². The second-order valence-corrected chi connectivity index (χ2v) is 4.29. The van der Waals surface area contributed by atoms with Crippen molar-refractivity contribution in [2.24, 2.45) is 0 Å². The van der Waals surface area contributed by atoms with E-state index in [1.807, 2.05) is 22.5 Å². The van der Waals surface area contributed by atoms with Crippen LogP contribution in [0.15, 0.2) is 33.3 Å². The molecule has 0 saturated carbocycles. The number of halogens is 1. The average molecular weight is 240 g/mol. The summed E-state index contributed by atoms with van der Waals surface area (Å²) in [5, 5.41) is 1.94. The molecule has 2 aromatic rings. The van der Waals surface area contributed by atoms with E-state index in [1.165, 1.54) is 0 Å². The van der Waals surface area contributed by atoms with Gasteiger partial charge in [0, 0.05) is 11.4 Å². The van der Waals surface area contributed by atoms with Gasteiger partial charge >= 0.3 is 5.69 Å². The van der Waals surface area contributed by atoms with Crippen LogP contribution in [0.1, 0.15) is 4.88 Å². The van der Waals surface area contributed by atoms with Crippen LogP contribution in [0.3, 0.4) is 0 Å². The minimum atomic E-state index is -0.975. The minimum absolute atomic E-state index is 0.354. The van der Waals surface area contributed by atoms with Gasteiger partial charge in [0.25, 0.3) is 5.56 Å². The Morgan fingerprint density at radius 3 is 2.94 bits per heavy atom. The lowest BCUT2D eigenvalue weighted by molar-refractivity contribution is 0.551. The summed E-state index contributed by atoms with van der Waals surface area (Å²) in [7, 11) is 0. The number of rotatable bonds is 3. The van der Waals surface area contributed by atoms with E-state index in [0.29, 0.717) is 13.0 Å². The lowest BCUT2D eigenvalue weighted by Crippen LogP contribution is -2.31. The van der Waals surface area contributed by atoms with Crippen LogP contribution in [0, 0.1) is 5.82 Å². The van der Waals surface area contributed by atoms with Gasteiger partial charge in [-0.1, -0.05) is 6.07 Å². The highest BCUT2D eigenvalue weighted by atomic mass is 32.1. The molecular formula is C10H9FN2O2S. The zero-order valence-electron chi connectivity index (χ0n) is 8.27. The summed E-state index contributed by atoms with van der Waals surface area (Å²) in [5.74, 6) is -0.939. The summed E-state index contributed by atoms with van der Waals surface area (Å²) in [4.78, 5) is 25.1. The van der Waals surface area contributed by atoms with Crippen molar-refractivity contribution in [1.82, 2.24) is 9.55 Å². The summed E-state index contributed by atoms with van der Waals surface area (Å²) in [5.41, 5.74) is -1.56.